The fourth-order valence-corrected chi connectivity index (χ4v) is 2.56. The summed E-state index contributed by atoms with van der Waals surface area (Å²) in [7, 11) is 0. The molecule has 0 saturated carbocycles. The summed E-state index contributed by atoms with van der Waals surface area (Å²) in [6.45, 7) is 1.22. The van der Waals surface area contributed by atoms with Gasteiger partial charge in [-0.1, -0.05) is 30.3 Å². The second-order valence-corrected chi connectivity index (χ2v) is 5.59. The largest absolute Gasteiger partial charge is 0.450 e. The highest BCUT2D eigenvalue weighted by atomic mass is 16.5. The van der Waals surface area contributed by atoms with Crippen molar-refractivity contribution in [3.8, 4) is 0 Å². The lowest BCUT2D eigenvalue weighted by molar-refractivity contribution is -0.119. The molecule has 0 aliphatic rings. The van der Waals surface area contributed by atoms with Crippen molar-refractivity contribution in [3.63, 3.8) is 0 Å². The standard InChI is InChI=1S/C19H16N2O5/c1-11-12-6-3-5-9-15(12)26-17(11)19(24)25-10-16(22)21-14-8-4-2-7-13(14)18(20)23/h2-9H,10H2,1H3,(H2,20,23)(H,21,22). The number of nitrogens with two attached hydrogens (primary N) is 1. The van der Waals surface area contributed by atoms with Crippen LogP contribution in [0.15, 0.2) is 52.9 Å². The highest BCUT2D eigenvalue weighted by Crippen LogP contribution is 2.25. The van der Waals surface area contributed by atoms with Crippen molar-refractivity contribution in [1.29, 1.82) is 0 Å². The summed E-state index contributed by atoms with van der Waals surface area (Å²) in [6.07, 6.45) is 0. The number of hydrogen-bond donors (Lipinski definition) is 2. The second kappa shape index (κ2) is 7.10. The van der Waals surface area contributed by atoms with Crippen LogP contribution in [0.25, 0.3) is 11.0 Å². The Hall–Kier alpha value is -3.61. The number of fused-ring (bicyclic) bond motifs is 1. The van der Waals surface area contributed by atoms with E-state index in [1.165, 1.54) is 12.1 Å². The number of ether oxygens (including phenoxy) is 1. The van der Waals surface area contributed by atoms with Crippen LogP contribution < -0.4 is 11.1 Å². The van der Waals surface area contributed by atoms with Gasteiger partial charge in [0, 0.05) is 10.9 Å². The third kappa shape index (κ3) is 3.41. The van der Waals surface area contributed by atoms with Gasteiger partial charge in [-0.15, -0.1) is 0 Å². The summed E-state index contributed by atoms with van der Waals surface area (Å²) in [5.41, 5.74) is 6.88. The zero-order chi connectivity index (χ0) is 18.7. The highest BCUT2D eigenvalue weighted by molar-refractivity contribution is 6.04. The van der Waals surface area contributed by atoms with Gasteiger partial charge in [-0.25, -0.2) is 4.79 Å². The fraction of sp³-hybridized carbons (Fsp3) is 0.105. The molecule has 0 aliphatic heterocycles. The van der Waals surface area contributed by atoms with Crippen LogP contribution in [-0.4, -0.2) is 24.4 Å². The van der Waals surface area contributed by atoms with E-state index in [9.17, 15) is 14.4 Å². The van der Waals surface area contributed by atoms with Crippen LogP contribution in [0.3, 0.4) is 0 Å². The molecule has 3 aromatic rings. The molecule has 132 valence electrons. The van der Waals surface area contributed by atoms with Crippen molar-refractivity contribution in [2.45, 2.75) is 6.92 Å². The molecule has 2 aromatic carbocycles. The van der Waals surface area contributed by atoms with Crippen molar-refractivity contribution in [2.75, 3.05) is 11.9 Å². The zero-order valence-electron chi connectivity index (χ0n) is 13.9. The van der Waals surface area contributed by atoms with Gasteiger partial charge >= 0.3 is 5.97 Å². The maximum absolute atomic E-state index is 12.2. The van der Waals surface area contributed by atoms with Crippen LogP contribution in [-0.2, 0) is 9.53 Å². The molecule has 3 N–H and O–H groups in total. The smallest absolute Gasteiger partial charge is 0.375 e. The van der Waals surface area contributed by atoms with E-state index in [1.807, 2.05) is 12.1 Å². The molecule has 2 amide bonds. The number of para-hydroxylation sites is 2. The van der Waals surface area contributed by atoms with Gasteiger partial charge in [0.15, 0.2) is 6.61 Å². The quantitative estimate of drug-likeness (QED) is 0.686. The van der Waals surface area contributed by atoms with Gasteiger partial charge in [0.25, 0.3) is 11.8 Å². The van der Waals surface area contributed by atoms with Crippen LogP contribution >= 0.6 is 0 Å². The maximum atomic E-state index is 12.2. The van der Waals surface area contributed by atoms with Crippen molar-refractivity contribution in [1.82, 2.24) is 0 Å². The summed E-state index contributed by atoms with van der Waals surface area (Å²) in [4.78, 5) is 35.6. The van der Waals surface area contributed by atoms with Crippen molar-refractivity contribution in [2.24, 2.45) is 5.73 Å². The molecule has 7 nitrogen and oxygen atoms in total. The normalized spacial score (nSPS) is 10.5. The lowest BCUT2D eigenvalue weighted by Crippen LogP contribution is -2.23. The summed E-state index contributed by atoms with van der Waals surface area (Å²) < 4.78 is 10.5. The Balaban J connectivity index is 1.67. The minimum atomic E-state index is -0.739. The van der Waals surface area contributed by atoms with E-state index in [-0.39, 0.29) is 17.0 Å². The Kier molecular flexibility index (Phi) is 4.70. The minimum Gasteiger partial charge on any atom is -0.450 e. The van der Waals surface area contributed by atoms with Gasteiger partial charge in [-0.2, -0.15) is 0 Å². The molecule has 3 rings (SSSR count). The molecule has 0 radical (unpaired) electrons. The summed E-state index contributed by atoms with van der Waals surface area (Å²) in [6, 6.07) is 13.5. The first-order valence-corrected chi connectivity index (χ1v) is 7.81. The molecule has 7 heteroatoms. The summed E-state index contributed by atoms with van der Waals surface area (Å²) in [5, 5.41) is 3.30. The lowest BCUT2D eigenvalue weighted by Gasteiger charge is -2.09. The number of rotatable bonds is 5. The average Bonchev–Trinajstić information content (AvgIpc) is 2.97. The van der Waals surface area contributed by atoms with E-state index in [1.54, 1.807) is 31.2 Å². The van der Waals surface area contributed by atoms with Gasteiger partial charge in [0.05, 0.1) is 11.3 Å². The van der Waals surface area contributed by atoms with Crippen LogP contribution in [0.2, 0.25) is 0 Å². The first-order chi connectivity index (χ1) is 12.5. The molecule has 0 atom stereocenters. The molecule has 1 aromatic heterocycles. The molecule has 0 fully saturated rings. The van der Waals surface area contributed by atoms with E-state index in [4.69, 9.17) is 14.9 Å². The number of primary amides is 1. The highest BCUT2D eigenvalue weighted by Gasteiger charge is 2.20. The van der Waals surface area contributed by atoms with E-state index >= 15 is 0 Å². The zero-order valence-corrected chi connectivity index (χ0v) is 13.9. The Morgan fingerprint density at radius 2 is 1.77 bits per heavy atom. The number of anilines is 1. The van der Waals surface area contributed by atoms with E-state index in [0.29, 0.717) is 11.1 Å². The molecule has 0 saturated heterocycles. The third-order valence-electron chi connectivity index (χ3n) is 3.83. The number of hydrogen-bond acceptors (Lipinski definition) is 5. The second-order valence-electron chi connectivity index (χ2n) is 5.59. The van der Waals surface area contributed by atoms with Gasteiger partial charge in [0.1, 0.15) is 5.58 Å². The van der Waals surface area contributed by atoms with Crippen LogP contribution in [0.5, 0.6) is 0 Å². The Labute approximate surface area is 148 Å². The monoisotopic (exact) mass is 352 g/mol. The molecule has 1 heterocycles. The third-order valence-corrected chi connectivity index (χ3v) is 3.83. The van der Waals surface area contributed by atoms with Crippen molar-refractivity contribution < 1.29 is 23.5 Å². The summed E-state index contributed by atoms with van der Waals surface area (Å²) in [5.74, 6) is -1.95. The lowest BCUT2D eigenvalue weighted by atomic mass is 10.1. The molecule has 26 heavy (non-hydrogen) atoms. The van der Waals surface area contributed by atoms with E-state index in [0.717, 1.165) is 5.39 Å². The number of carbonyl (C=O) groups excluding carboxylic acids is 3. The Bertz CT molecular complexity index is 1010. The first-order valence-electron chi connectivity index (χ1n) is 7.81. The minimum absolute atomic E-state index is 0.0523. The predicted molar refractivity (Wildman–Crippen MR) is 94.8 cm³/mol. The number of amides is 2. The molecular weight excluding hydrogens is 336 g/mol. The Morgan fingerprint density at radius 3 is 2.50 bits per heavy atom. The van der Waals surface area contributed by atoms with Gasteiger partial charge in [-0.3, -0.25) is 9.59 Å². The van der Waals surface area contributed by atoms with Crippen LogP contribution in [0.4, 0.5) is 5.69 Å². The predicted octanol–water partition coefficient (Wildman–Crippen LogP) is 2.64. The molecule has 0 unspecified atom stereocenters. The Morgan fingerprint density at radius 1 is 1.08 bits per heavy atom. The molecule has 0 aliphatic carbocycles. The topological polar surface area (TPSA) is 112 Å². The van der Waals surface area contributed by atoms with Crippen LogP contribution in [0, 0.1) is 6.92 Å². The van der Waals surface area contributed by atoms with Gasteiger partial charge in [0.2, 0.25) is 5.76 Å². The SMILES string of the molecule is Cc1c(C(=O)OCC(=O)Nc2ccccc2C(N)=O)oc2ccccc12. The maximum Gasteiger partial charge on any atom is 0.375 e. The van der Waals surface area contributed by atoms with Crippen molar-refractivity contribution in [3.05, 3.63) is 65.4 Å². The average molecular weight is 352 g/mol. The number of furan rings is 1. The number of nitrogens with one attached hydrogen (secondary N) is 1. The number of aryl methyl sites for hydroxylation is 1. The van der Waals surface area contributed by atoms with Gasteiger partial charge < -0.3 is 20.2 Å². The van der Waals surface area contributed by atoms with Gasteiger partial charge in [-0.05, 0) is 25.1 Å². The van der Waals surface area contributed by atoms with E-state index in [2.05, 4.69) is 5.32 Å². The molecule has 0 spiro atoms. The molecule has 0 bridgehead atoms. The van der Waals surface area contributed by atoms with Crippen molar-refractivity contribution >= 4 is 34.4 Å². The fourth-order valence-electron chi connectivity index (χ4n) is 2.56. The molecular formula is C19H16N2O5. The van der Waals surface area contributed by atoms with Crippen LogP contribution in [0.1, 0.15) is 26.5 Å². The van der Waals surface area contributed by atoms with E-state index < -0.39 is 24.4 Å². The first kappa shape index (κ1) is 17.2. The number of esters is 1. The number of benzene rings is 2. The number of carbonyl (C=O) groups is 3. The summed E-state index contributed by atoms with van der Waals surface area (Å²) >= 11 is 0.